The summed E-state index contributed by atoms with van der Waals surface area (Å²) in [4.78, 5) is 16.7. The van der Waals surface area contributed by atoms with E-state index < -0.39 is 5.97 Å². The van der Waals surface area contributed by atoms with E-state index in [1.807, 2.05) is 44.2 Å². The largest absolute Gasteiger partial charge is 0.490 e. The number of rotatable bonds is 8. The highest BCUT2D eigenvalue weighted by molar-refractivity contribution is 7.98. The number of esters is 1. The Bertz CT molecular complexity index is 910. The number of ether oxygens (including phenoxy) is 2. The van der Waals surface area contributed by atoms with Gasteiger partial charge in [-0.05, 0) is 37.6 Å². The molecule has 0 saturated carbocycles. The third-order valence-corrected chi connectivity index (χ3v) is 4.73. The Morgan fingerprint density at radius 2 is 2.00 bits per heavy atom. The summed E-state index contributed by atoms with van der Waals surface area (Å²) >= 11 is 1.41. The van der Waals surface area contributed by atoms with E-state index in [0.29, 0.717) is 16.3 Å². The maximum atomic E-state index is 12.4. The molecule has 3 rings (SSSR count). The van der Waals surface area contributed by atoms with Crippen LogP contribution in [0.25, 0.3) is 0 Å². The summed E-state index contributed by atoms with van der Waals surface area (Å²) in [7, 11) is 0. The minimum absolute atomic E-state index is 0.161. The maximum Gasteiger partial charge on any atom is 0.341 e. The fraction of sp³-hybridized carbons (Fsp3) is 0.250. The van der Waals surface area contributed by atoms with Crippen LogP contribution in [-0.4, -0.2) is 29.3 Å². The lowest BCUT2D eigenvalue weighted by Crippen LogP contribution is -2.13. The summed E-state index contributed by atoms with van der Waals surface area (Å²) in [5, 5.41) is 4.55. The second kappa shape index (κ2) is 9.23. The first-order valence-corrected chi connectivity index (χ1v) is 9.47. The lowest BCUT2D eigenvalue weighted by Gasteiger charge is -2.10. The van der Waals surface area contributed by atoms with Crippen molar-refractivity contribution in [1.29, 1.82) is 0 Å². The zero-order valence-electron chi connectivity index (χ0n) is 15.2. The number of benzene rings is 1. The van der Waals surface area contributed by atoms with Crippen LogP contribution in [0.1, 0.15) is 27.4 Å². The van der Waals surface area contributed by atoms with Crippen LogP contribution in [0.2, 0.25) is 0 Å². The lowest BCUT2D eigenvalue weighted by molar-refractivity contribution is 0.0445. The van der Waals surface area contributed by atoms with Crippen molar-refractivity contribution in [2.45, 2.75) is 24.6 Å². The normalized spacial score (nSPS) is 10.6. The molecule has 3 aromatic rings. The molecule has 0 aliphatic rings. The molecule has 0 aliphatic heterocycles. The van der Waals surface area contributed by atoms with Crippen molar-refractivity contribution in [3.05, 3.63) is 71.2 Å². The van der Waals surface area contributed by atoms with Crippen LogP contribution in [-0.2, 0) is 10.5 Å². The summed E-state index contributed by atoms with van der Waals surface area (Å²) in [6.45, 7) is 4.26. The molecule has 0 spiro atoms. The number of carbonyl (C=O) groups is 1. The van der Waals surface area contributed by atoms with Gasteiger partial charge in [0.05, 0.1) is 11.3 Å². The van der Waals surface area contributed by atoms with Gasteiger partial charge in [0.25, 0.3) is 0 Å². The average Bonchev–Trinajstić information content (AvgIpc) is 3.10. The molecule has 0 unspecified atom stereocenters. The van der Waals surface area contributed by atoms with Crippen molar-refractivity contribution in [2.75, 3.05) is 13.2 Å². The third kappa shape index (κ3) is 5.34. The quantitative estimate of drug-likeness (QED) is 0.327. The molecule has 7 heteroatoms. The minimum atomic E-state index is -0.421. The van der Waals surface area contributed by atoms with E-state index in [2.05, 4.69) is 10.1 Å². The number of para-hydroxylation sites is 1. The third-order valence-electron chi connectivity index (χ3n) is 3.69. The predicted molar refractivity (Wildman–Crippen MR) is 102 cm³/mol. The molecule has 1 aromatic carbocycles. The van der Waals surface area contributed by atoms with Crippen LogP contribution >= 0.6 is 11.8 Å². The van der Waals surface area contributed by atoms with Gasteiger partial charge in [0.2, 0.25) is 0 Å². The van der Waals surface area contributed by atoms with E-state index in [1.54, 1.807) is 18.3 Å². The van der Waals surface area contributed by atoms with Crippen molar-refractivity contribution in [3.63, 3.8) is 0 Å². The highest BCUT2D eigenvalue weighted by atomic mass is 32.2. The van der Waals surface area contributed by atoms with Crippen LogP contribution in [0.5, 0.6) is 5.75 Å². The fourth-order valence-electron chi connectivity index (χ4n) is 2.37. The summed E-state index contributed by atoms with van der Waals surface area (Å²) in [6, 6.07) is 13.0. The Labute approximate surface area is 161 Å². The minimum Gasteiger partial charge on any atom is -0.490 e. The van der Waals surface area contributed by atoms with Gasteiger partial charge in [-0.1, -0.05) is 35.1 Å². The molecule has 27 heavy (non-hydrogen) atoms. The smallest absolute Gasteiger partial charge is 0.341 e. The van der Waals surface area contributed by atoms with Gasteiger partial charge in [-0.2, -0.15) is 0 Å². The zero-order chi connectivity index (χ0) is 19.1. The molecule has 6 nitrogen and oxygen atoms in total. The van der Waals surface area contributed by atoms with Crippen molar-refractivity contribution in [3.8, 4) is 5.75 Å². The van der Waals surface area contributed by atoms with Gasteiger partial charge in [-0.3, -0.25) is 0 Å². The highest BCUT2D eigenvalue weighted by Gasteiger charge is 2.15. The SMILES string of the molecule is Cc1cc(CSc2ncccc2C(=O)OCCOc2ccccc2C)no1. The number of pyridine rings is 1. The molecule has 140 valence electrons. The Kier molecular flexibility index (Phi) is 6.49. The van der Waals surface area contributed by atoms with E-state index in [-0.39, 0.29) is 13.2 Å². The van der Waals surface area contributed by atoms with Gasteiger partial charge in [0.1, 0.15) is 29.7 Å². The number of hydrogen-bond donors (Lipinski definition) is 0. The Morgan fingerprint density at radius 1 is 1.15 bits per heavy atom. The van der Waals surface area contributed by atoms with E-state index >= 15 is 0 Å². The summed E-state index contributed by atoms with van der Waals surface area (Å²) in [6.07, 6.45) is 1.65. The molecule has 0 aliphatic carbocycles. The molecular formula is C20H20N2O4S. The Balaban J connectivity index is 1.52. The molecule has 0 N–H and O–H groups in total. The van der Waals surface area contributed by atoms with Gasteiger partial charge in [0, 0.05) is 18.0 Å². The number of thioether (sulfide) groups is 1. The lowest BCUT2D eigenvalue weighted by atomic mass is 10.2. The Hall–Kier alpha value is -2.80. The van der Waals surface area contributed by atoms with Gasteiger partial charge >= 0.3 is 5.97 Å². The summed E-state index contributed by atoms with van der Waals surface area (Å²) < 4.78 is 16.0. The monoisotopic (exact) mass is 384 g/mol. The first-order valence-electron chi connectivity index (χ1n) is 8.49. The average molecular weight is 384 g/mol. The van der Waals surface area contributed by atoms with Crippen molar-refractivity contribution in [2.24, 2.45) is 0 Å². The van der Waals surface area contributed by atoms with Gasteiger partial charge < -0.3 is 14.0 Å². The van der Waals surface area contributed by atoms with Gasteiger partial charge in [0.15, 0.2) is 0 Å². The molecule has 0 amide bonds. The molecule has 0 radical (unpaired) electrons. The van der Waals surface area contributed by atoms with Crippen LogP contribution in [0, 0.1) is 13.8 Å². The van der Waals surface area contributed by atoms with Crippen LogP contribution in [0.15, 0.2) is 58.2 Å². The van der Waals surface area contributed by atoms with Crippen molar-refractivity contribution < 1.29 is 18.8 Å². The first-order chi connectivity index (χ1) is 13.1. The van der Waals surface area contributed by atoms with Crippen molar-refractivity contribution >= 4 is 17.7 Å². The van der Waals surface area contributed by atoms with Crippen LogP contribution in [0.4, 0.5) is 0 Å². The van der Waals surface area contributed by atoms with E-state index in [9.17, 15) is 4.79 Å². The van der Waals surface area contributed by atoms with E-state index in [0.717, 1.165) is 22.8 Å². The second-order valence-corrected chi connectivity index (χ2v) is 6.79. The number of nitrogens with zero attached hydrogens (tertiary/aromatic N) is 2. The second-order valence-electron chi connectivity index (χ2n) is 5.82. The molecule has 0 fully saturated rings. The van der Waals surface area contributed by atoms with E-state index in [4.69, 9.17) is 14.0 Å². The van der Waals surface area contributed by atoms with Gasteiger partial charge in [-0.15, -0.1) is 0 Å². The number of aryl methyl sites for hydroxylation is 2. The topological polar surface area (TPSA) is 74.5 Å². The van der Waals surface area contributed by atoms with Gasteiger partial charge in [-0.25, -0.2) is 9.78 Å². The standard InChI is InChI=1S/C20H20N2O4S/c1-14-6-3-4-8-18(14)24-10-11-25-20(23)17-7-5-9-21-19(17)27-13-16-12-15(2)26-22-16/h3-9,12H,10-11,13H2,1-2H3. The highest BCUT2D eigenvalue weighted by Crippen LogP contribution is 2.24. The summed E-state index contributed by atoms with van der Waals surface area (Å²) in [5.74, 6) is 1.68. The Morgan fingerprint density at radius 3 is 2.78 bits per heavy atom. The number of carbonyl (C=O) groups excluding carboxylic acids is 1. The van der Waals surface area contributed by atoms with Crippen molar-refractivity contribution in [1.82, 2.24) is 10.1 Å². The van der Waals surface area contributed by atoms with E-state index in [1.165, 1.54) is 11.8 Å². The maximum absolute atomic E-state index is 12.4. The number of hydrogen-bond acceptors (Lipinski definition) is 7. The molecule has 2 heterocycles. The molecular weight excluding hydrogens is 364 g/mol. The fourth-order valence-corrected chi connectivity index (χ4v) is 3.23. The number of aromatic nitrogens is 2. The predicted octanol–water partition coefficient (Wildman–Crippen LogP) is 4.21. The molecule has 0 saturated heterocycles. The summed E-state index contributed by atoms with van der Waals surface area (Å²) in [5.41, 5.74) is 2.27. The first kappa shape index (κ1) is 19.0. The van der Waals surface area contributed by atoms with Crippen LogP contribution < -0.4 is 4.74 Å². The van der Waals surface area contributed by atoms with Crippen LogP contribution in [0.3, 0.4) is 0 Å². The molecule has 0 bridgehead atoms. The molecule has 2 aromatic heterocycles. The molecule has 0 atom stereocenters. The zero-order valence-corrected chi connectivity index (χ0v) is 16.0.